The van der Waals surface area contributed by atoms with Crippen molar-refractivity contribution >= 4 is 46.2 Å². The lowest BCUT2D eigenvalue weighted by Gasteiger charge is -2.37. The van der Waals surface area contributed by atoms with Crippen molar-refractivity contribution in [2.45, 2.75) is 0 Å². The Morgan fingerprint density at radius 1 is 0.935 bits per heavy atom. The fourth-order valence-corrected chi connectivity index (χ4v) is 4.41. The molecule has 164 valence electrons. The molecule has 8 nitrogen and oxygen atoms in total. The normalized spacial score (nSPS) is 17.0. The van der Waals surface area contributed by atoms with Gasteiger partial charge in [-0.2, -0.15) is 0 Å². The number of carbonyl (C=O) groups is 1. The van der Waals surface area contributed by atoms with Crippen molar-refractivity contribution in [3.63, 3.8) is 0 Å². The molecule has 0 radical (unpaired) electrons. The second-order valence-corrected chi connectivity index (χ2v) is 8.28. The van der Waals surface area contributed by atoms with Crippen LogP contribution in [0.5, 0.6) is 0 Å². The lowest BCUT2D eigenvalue weighted by atomic mass is 10.1. The van der Waals surface area contributed by atoms with Crippen molar-refractivity contribution in [3.8, 4) is 0 Å². The number of nitro benzene ring substituents is 1. The molecule has 0 N–H and O–H groups in total. The van der Waals surface area contributed by atoms with E-state index < -0.39 is 0 Å². The van der Waals surface area contributed by atoms with Crippen molar-refractivity contribution in [2.24, 2.45) is 0 Å². The summed E-state index contributed by atoms with van der Waals surface area (Å²) < 4.78 is 5.38. The Morgan fingerprint density at radius 3 is 2.29 bits per heavy atom. The Labute approximate surface area is 190 Å². The molecule has 2 fully saturated rings. The number of nitro groups is 1. The van der Waals surface area contributed by atoms with Crippen molar-refractivity contribution in [3.05, 3.63) is 62.1 Å². The topological polar surface area (TPSA) is 79.2 Å². The molecule has 1 amide bonds. The quantitative estimate of drug-likeness (QED) is 0.506. The van der Waals surface area contributed by atoms with Gasteiger partial charge >= 0.3 is 0 Å². The fourth-order valence-electron chi connectivity index (χ4n) is 3.92. The summed E-state index contributed by atoms with van der Waals surface area (Å²) in [5.41, 5.74) is 2.04. The van der Waals surface area contributed by atoms with Crippen molar-refractivity contribution in [2.75, 3.05) is 62.3 Å². The summed E-state index contributed by atoms with van der Waals surface area (Å²) >= 11 is 12.1. The summed E-state index contributed by atoms with van der Waals surface area (Å²) in [7, 11) is 0. The first-order valence-corrected chi connectivity index (χ1v) is 10.8. The van der Waals surface area contributed by atoms with Crippen LogP contribution in [-0.2, 0) is 4.74 Å². The summed E-state index contributed by atoms with van der Waals surface area (Å²) in [6, 6.07) is 10.1. The lowest BCUT2D eigenvalue weighted by molar-refractivity contribution is -0.384. The number of anilines is 2. The number of hydrogen-bond acceptors (Lipinski definition) is 6. The van der Waals surface area contributed by atoms with Gasteiger partial charge in [0.05, 0.1) is 28.7 Å². The minimum atomic E-state index is -0.346. The van der Waals surface area contributed by atoms with Crippen LogP contribution in [0.25, 0.3) is 0 Å². The summed E-state index contributed by atoms with van der Waals surface area (Å²) in [4.78, 5) is 29.9. The zero-order chi connectivity index (χ0) is 22.0. The smallest absolute Gasteiger partial charge is 0.292 e. The van der Waals surface area contributed by atoms with Crippen LogP contribution in [0.4, 0.5) is 17.1 Å². The van der Waals surface area contributed by atoms with Gasteiger partial charge in [0, 0.05) is 56.0 Å². The van der Waals surface area contributed by atoms with Gasteiger partial charge in [0.1, 0.15) is 5.69 Å². The number of carbonyl (C=O) groups excluding carboxylic acids is 1. The Hall–Kier alpha value is -2.55. The predicted molar refractivity (Wildman–Crippen MR) is 121 cm³/mol. The molecule has 2 aliphatic rings. The molecule has 31 heavy (non-hydrogen) atoms. The van der Waals surface area contributed by atoms with E-state index in [1.54, 1.807) is 35.2 Å². The molecular formula is C21H22Cl2N4O4. The summed E-state index contributed by atoms with van der Waals surface area (Å²) in [5.74, 6) is -0.126. The zero-order valence-corrected chi connectivity index (χ0v) is 18.3. The van der Waals surface area contributed by atoms with Gasteiger partial charge in [0.25, 0.3) is 11.6 Å². The first-order chi connectivity index (χ1) is 14.9. The minimum Gasteiger partial charge on any atom is -0.378 e. The summed E-state index contributed by atoms with van der Waals surface area (Å²) in [6.07, 6.45) is 0. The Bertz CT molecular complexity index is 989. The molecule has 2 saturated heterocycles. The first-order valence-electron chi connectivity index (χ1n) is 10.0. The molecule has 2 aromatic rings. The SMILES string of the molecule is O=C(c1ccc(Cl)cc1Cl)N1CCN(c2ccc([N+](=O)[O-])c(N3CCOCC3)c2)CC1. The number of amides is 1. The van der Waals surface area contributed by atoms with Crippen molar-refractivity contribution in [1.29, 1.82) is 0 Å². The highest BCUT2D eigenvalue weighted by Gasteiger charge is 2.26. The van der Waals surface area contributed by atoms with Gasteiger partial charge in [-0.25, -0.2) is 0 Å². The first kappa shape index (κ1) is 21.7. The van der Waals surface area contributed by atoms with Crippen LogP contribution >= 0.6 is 23.2 Å². The number of nitrogens with zero attached hydrogens (tertiary/aromatic N) is 4. The predicted octanol–water partition coefficient (Wildman–Crippen LogP) is 3.70. The number of halogens is 2. The largest absolute Gasteiger partial charge is 0.378 e. The molecule has 2 aliphatic heterocycles. The van der Waals surface area contributed by atoms with Crippen molar-refractivity contribution < 1.29 is 14.5 Å². The molecule has 0 saturated carbocycles. The molecule has 0 aromatic heterocycles. The van der Waals surface area contributed by atoms with Gasteiger partial charge in [-0.3, -0.25) is 14.9 Å². The lowest BCUT2D eigenvalue weighted by Crippen LogP contribution is -2.49. The molecule has 0 unspecified atom stereocenters. The van der Waals surface area contributed by atoms with E-state index in [0.717, 1.165) is 5.69 Å². The third-order valence-electron chi connectivity index (χ3n) is 5.60. The minimum absolute atomic E-state index is 0.0943. The molecule has 0 atom stereocenters. The second-order valence-electron chi connectivity index (χ2n) is 7.43. The summed E-state index contributed by atoms with van der Waals surface area (Å²) in [6.45, 7) is 4.64. The van der Waals surface area contributed by atoms with Gasteiger partial charge in [-0.1, -0.05) is 23.2 Å². The van der Waals surface area contributed by atoms with Crippen LogP contribution < -0.4 is 9.80 Å². The zero-order valence-electron chi connectivity index (χ0n) is 16.8. The van der Waals surface area contributed by atoms with E-state index >= 15 is 0 Å². The molecule has 4 rings (SSSR count). The van der Waals surface area contributed by atoms with E-state index in [1.165, 1.54) is 0 Å². The number of benzene rings is 2. The van der Waals surface area contributed by atoms with Gasteiger partial charge in [0.15, 0.2) is 0 Å². The second kappa shape index (κ2) is 9.30. The molecule has 0 bridgehead atoms. The third kappa shape index (κ3) is 4.71. The van der Waals surface area contributed by atoms with E-state index in [0.29, 0.717) is 73.8 Å². The average molecular weight is 465 g/mol. The van der Waals surface area contributed by atoms with Crippen molar-refractivity contribution in [1.82, 2.24) is 4.90 Å². The Morgan fingerprint density at radius 2 is 1.65 bits per heavy atom. The standard InChI is InChI=1S/C21H22Cl2N4O4/c22-15-1-3-17(18(23)13-15)21(28)26-7-5-24(6-8-26)16-2-4-19(27(29)30)20(14-16)25-9-11-31-12-10-25/h1-4,13-14H,5-12H2. The van der Waals surface area contributed by atoms with E-state index in [4.69, 9.17) is 27.9 Å². The molecule has 2 aromatic carbocycles. The van der Waals surface area contributed by atoms with E-state index in [1.807, 2.05) is 11.0 Å². The average Bonchev–Trinajstić information content (AvgIpc) is 2.79. The van der Waals surface area contributed by atoms with Crippen LogP contribution in [0, 0.1) is 10.1 Å². The van der Waals surface area contributed by atoms with Crippen LogP contribution in [0.1, 0.15) is 10.4 Å². The van der Waals surface area contributed by atoms with Crippen LogP contribution in [0.2, 0.25) is 10.0 Å². The highest BCUT2D eigenvalue weighted by molar-refractivity contribution is 6.36. The van der Waals surface area contributed by atoms with Gasteiger partial charge in [-0.15, -0.1) is 0 Å². The highest BCUT2D eigenvalue weighted by Crippen LogP contribution is 2.33. The monoisotopic (exact) mass is 464 g/mol. The number of rotatable bonds is 4. The maximum Gasteiger partial charge on any atom is 0.292 e. The molecular weight excluding hydrogens is 443 g/mol. The Balaban J connectivity index is 1.48. The molecule has 0 spiro atoms. The number of morpholine rings is 1. The fraction of sp³-hybridized carbons (Fsp3) is 0.381. The van der Waals surface area contributed by atoms with Gasteiger partial charge in [0.2, 0.25) is 0 Å². The van der Waals surface area contributed by atoms with Crippen LogP contribution in [0.15, 0.2) is 36.4 Å². The molecule has 10 heteroatoms. The van der Waals surface area contributed by atoms with Gasteiger partial charge < -0.3 is 19.4 Å². The molecule has 2 heterocycles. The summed E-state index contributed by atoms with van der Waals surface area (Å²) in [5, 5.41) is 12.3. The Kier molecular flexibility index (Phi) is 6.50. The van der Waals surface area contributed by atoms with E-state index in [2.05, 4.69) is 4.90 Å². The molecule has 0 aliphatic carbocycles. The number of hydrogen-bond donors (Lipinski definition) is 0. The van der Waals surface area contributed by atoms with Crippen LogP contribution in [-0.4, -0.2) is 68.2 Å². The number of piperazine rings is 1. The van der Waals surface area contributed by atoms with E-state index in [9.17, 15) is 14.9 Å². The maximum atomic E-state index is 12.8. The highest BCUT2D eigenvalue weighted by atomic mass is 35.5. The third-order valence-corrected chi connectivity index (χ3v) is 6.15. The number of ether oxygens (including phenoxy) is 1. The van der Waals surface area contributed by atoms with Gasteiger partial charge in [-0.05, 0) is 30.3 Å². The maximum absolute atomic E-state index is 12.8. The van der Waals surface area contributed by atoms with Crippen LogP contribution in [0.3, 0.4) is 0 Å². The van der Waals surface area contributed by atoms with E-state index in [-0.39, 0.29) is 16.5 Å².